The lowest BCUT2D eigenvalue weighted by atomic mass is 9.78. The van der Waals surface area contributed by atoms with E-state index in [1.165, 1.54) is 14.2 Å². The van der Waals surface area contributed by atoms with Crippen LogP contribution in [0.5, 0.6) is 11.5 Å². The summed E-state index contributed by atoms with van der Waals surface area (Å²) in [5.41, 5.74) is 1.30. The zero-order chi connectivity index (χ0) is 11.4. The highest BCUT2D eigenvalue weighted by atomic mass is 16.5. The van der Waals surface area contributed by atoms with Crippen LogP contribution in [0.25, 0.3) is 0 Å². The number of methoxy groups -OCH3 is 2. The van der Waals surface area contributed by atoms with Crippen LogP contribution in [0, 0.1) is 0 Å². The van der Waals surface area contributed by atoms with E-state index in [4.69, 9.17) is 9.47 Å². The van der Waals surface area contributed by atoms with Gasteiger partial charge in [0.1, 0.15) is 0 Å². The molecule has 0 aliphatic carbocycles. The molecule has 0 aliphatic heterocycles. The monoisotopic (exact) mass is 210 g/mol. The summed E-state index contributed by atoms with van der Waals surface area (Å²) in [6.45, 7) is 1.98. The Balaban J connectivity index is 3.32. The van der Waals surface area contributed by atoms with Crippen molar-refractivity contribution < 1.29 is 19.5 Å². The summed E-state index contributed by atoms with van der Waals surface area (Å²) >= 11 is 0. The predicted molar refractivity (Wildman–Crippen MR) is 58.7 cm³/mol. The third-order valence-electron chi connectivity index (χ3n) is 2.25. The van der Waals surface area contributed by atoms with Crippen LogP contribution in [0.3, 0.4) is 0 Å². The van der Waals surface area contributed by atoms with E-state index in [1.54, 1.807) is 6.07 Å². The Morgan fingerprint density at radius 2 is 1.87 bits per heavy atom. The van der Waals surface area contributed by atoms with Crippen molar-refractivity contribution in [2.24, 2.45) is 0 Å². The SMILES string of the molecule is CCc1cc(OC)c(OC)c(B(O)O)c1. The predicted octanol–water partition coefficient (Wildman–Crippen LogP) is -0.0540. The third-order valence-corrected chi connectivity index (χ3v) is 2.25. The van der Waals surface area contributed by atoms with Crippen molar-refractivity contribution in [2.75, 3.05) is 14.2 Å². The molecule has 0 bridgehead atoms. The van der Waals surface area contributed by atoms with Crippen LogP contribution >= 0.6 is 0 Å². The first-order valence-corrected chi connectivity index (χ1v) is 4.75. The maximum Gasteiger partial charge on any atom is 0.492 e. The van der Waals surface area contributed by atoms with E-state index in [1.807, 2.05) is 13.0 Å². The fourth-order valence-electron chi connectivity index (χ4n) is 1.45. The first-order valence-electron chi connectivity index (χ1n) is 4.75. The summed E-state index contributed by atoms with van der Waals surface area (Å²) in [5.74, 6) is 0.879. The second kappa shape index (κ2) is 5.05. The van der Waals surface area contributed by atoms with Gasteiger partial charge < -0.3 is 19.5 Å². The minimum Gasteiger partial charge on any atom is -0.493 e. The molecule has 0 fully saturated rings. The fourth-order valence-corrected chi connectivity index (χ4v) is 1.45. The molecule has 0 radical (unpaired) electrons. The van der Waals surface area contributed by atoms with Gasteiger partial charge in [0.05, 0.1) is 14.2 Å². The van der Waals surface area contributed by atoms with Gasteiger partial charge >= 0.3 is 7.12 Å². The van der Waals surface area contributed by atoms with Crippen LogP contribution in [0.2, 0.25) is 0 Å². The minimum atomic E-state index is -1.56. The molecule has 0 unspecified atom stereocenters. The zero-order valence-electron chi connectivity index (χ0n) is 9.15. The van der Waals surface area contributed by atoms with Crippen molar-refractivity contribution in [3.63, 3.8) is 0 Å². The van der Waals surface area contributed by atoms with E-state index >= 15 is 0 Å². The van der Waals surface area contributed by atoms with E-state index in [0.29, 0.717) is 17.0 Å². The Morgan fingerprint density at radius 1 is 1.20 bits per heavy atom. The molecule has 1 aromatic carbocycles. The molecule has 2 N–H and O–H groups in total. The van der Waals surface area contributed by atoms with Gasteiger partial charge in [0.25, 0.3) is 0 Å². The van der Waals surface area contributed by atoms with Crippen molar-refractivity contribution in [3.8, 4) is 11.5 Å². The molecular formula is C10H15BO4. The van der Waals surface area contributed by atoms with E-state index in [-0.39, 0.29) is 0 Å². The maximum atomic E-state index is 9.20. The third kappa shape index (κ3) is 2.43. The van der Waals surface area contributed by atoms with E-state index in [0.717, 1.165) is 12.0 Å². The lowest BCUT2D eigenvalue weighted by Gasteiger charge is -2.14. The standard InChI is InChI=1S/C10H15BO4/c1-4-7-5-8(11(12)13)10(15-3)9(6-7)14-2/h5-6,12-13H,4H2,1-3H3. The highest BCUT2D eigenvalue weighted by molar-refractivity contribution is 6.60. The molecule has 4 nitrogen and oxygen atoms in total. The first kappa shape index (κ1) is 11.9. The van der Waals surface area contributed by atoms with E-state index < -0.39 is 7.12 Å². The summed E-state index contributed by atoms with van der Waals surface area (Å²) in [6.07, 6.45) is 0.792. The molecule has 5 heteroatoms. The smallest absolute Gasteiger partial charge is 0.492 e. The van der Waals surface area contributed by atoms with Crippen LogP contribution < -0.4 is 14.9 Å². The second-order valence-corrected chi connectivity index (χ2v) is 3.15. The summed E-state index contributed by atoms with van der Waals surface area (Å²) in [5, 5.41) is 18.4. The fraction of sp³-hybridized carbons (Fsp3) is 0.400. The Morgan fingerprint density at radius 3 is 2.27 bits per heavy atom. The first-order chi connectivity index (χ1) is 7.13. The normalized spacial score (nSPS) is 9.93. The minimum absolute atomic E-state index is 0.328. The van der Waals surface area contributed by atoms with Crippen molar-refractivity contribution in [1.82, 2.24) is 0 Å². The molecule has 15 heavy (non-hydrogen) atoms. The average Bonchev–Trinajstić information content (AvgIpc) is 2.26. The van der Waals surface area contributed by atoms with E-state index in [2.05, 4.69) is 0 Å². The van der Waals surface area contributed by atoms with Crippen molar-refractivity contribution in [3.05, 3.63) is 17.7 Å². The van der Waals surface area contributed by atoms with Crippen LogP contribution in [0.15, 0.2) is 12.1 Å². The quantitative estimate of drug-likeness (QED) is 0.684. The molecule has 1 aromatic rings. The number of benzene rings is 1. The number of ether oxygens (including phenoxy) is 2. The van der Waals surface area contributed by atoms with Gasteiger partial charge in [0.15, 0.2) is 11.5 Å². The number of hydrogen-bond acceptors (Lipinski definition) is 4. The zero-order valence-corrected chi connectivity index (χ0v) is 9.15. The summed E-state index contributed by atoms with van der Waals surface area (Å²) < 4.78 is 10.2. The van der Waals surface area contributed by atoms with Gasteiger partial charge in [0, 0.05) is 5.46 Å². The summed E-state index contributed by atoms with van der Waals surface area (Å²) in [6, 6.07) is 3.52. The van der Waals surface area contributed by atoms with Gasteiger partial charge in [-0.05, 0) is 18.1 Å². The molecule has 0 aliphatic rings. The Labute approximate surface area is 89.6 Å². The van der Waals surface area contributed by atoms with Gasteiger partial charge in [-0.1, -0.05) is 13.0 Å². The van der Waals surface area contributed by atoms with Gasteiger partial charge in [-0.15, -0.1) is 0 Å². The molecule has 0 spiro atoms. The molecule has 0 heterocycles. The van der Waals surface area contributed by atoms with Crippen LogP contribution in [-0.4, -0.2) is 31.4 Å². The van der Waals surface area contributed by atoms with Crippen molar-refractivity contribution in [2.45, 2.75) is 13.3 Å². The van der Waals surface area contributed by atoms with E-state index in [9.17, 15) is 10.0 Å². The Kier molecular flexibility index (Phi) is 4.00. The summed E-state index contributed by atoms with van der Waals surface area (Å²) in [4.78, 5) is 0. The van der Waals surface area contributed by atoms with Gasteiger partial charge in [-0.25, -0.2) is 0 Å². The lowest BCUT2D eigenvalue weighted by molar-refractivity contribution is 0.353. The van der Waals surface area contributed by atoms with Crippen LogP contribution in [-0.2, 0) is 6.42 Å². The van der Waals surface area contributed by atoms with Gasteiger partial charge in [-0.2, -0.15) is 0 Å². The molecular weight excluding hydrogens is 195 g/mol. The molecule has 82 valence electrons. The highest BCUT2D eigenvalue weighted by Gasteiger charge is 2.21. The molecule has 0 saturated heterocycles. The maximum absolute atomic E-state index is 9.20. The average molecular weight is 210 g/mol. The molecule has 0 aromatic heterocycles. The number of rotatable bonds is 4. The molecule has 1 rings (SSSR count). The van der Waals surface area contributed by atoms with Crippen LogP contribution in [0.4, 0.5) is 0 Å². The van der Waals surface area contributed by atoms with Gasteiger partial charge in [-0.3, -0.25) is 0 Å². The number of hydrogen-bond donors (Lipinski definition) is 2. The Hall–Kier alpha value is -1.20. The lowest BCUT2D eigenvalue weighted by Crippen LogP contribution is -2.31. The van der Waals surface area contributed by atoms with Crippen molar-refractivity contribution in [1.29, 1.82) is 0 Å². The molecule has 0 atom stereocenters. The Bertz CT molecular complexity index is 338. The highest BCUT2D eigenvalue weighted by Crippen LogP contribution is 2.26. The second-order valence-electron chi connectivity index (χ2n) is 3.15. The summed E-state index contributed by atoms with van der Waals surface area (Å²) in [7, 11) is 1.43. The number of aryl methyl sites for hydroxylation is 1. The van der Waals surface area contributed by atoms with Crippen LogP contribution in [0.1, 0.15) is 12.5 Å². The molecule has 0 saturated carbocycles. The molecule has 0 amide bonds. The largest absolute Gasteiger partial charge is 0.493 e. The van der Waals surface area contributed by atoms with Crippen molar-refractivity contribution >= 4 is 12.6 Å². The topological polar surface area (TPSA) is 58.9 Å². The van der Waals surface area contributed by atoms with Gasteiger partial charge in [0.2, 0.25) is 0 Å².